The summed E-state index contributed by atoms with van der Waals surface area (Å²) < 4.78 is 5.47. The Morgan fingerprint density at radius 1 is 1.37 bits per heavy atom. The zero-order valence-corrected chi connectivity index (χ0v) is 11.5. The van der Waals surface area contributed by atoms with Gasteiger partial charge >= 0.3 is 0 Å². The lowest BCUT2D eigenvalue weighted by atomic mass is 10.0. The standard InChI is InChI=1S/C15H22N2O2/c1-17(11-13-7-5-6-10-16-13)15(18)12-19-14-8-3-2-4-9-14/h2-4,8-9,13,16H,5-7,10-12H2,1H3. The van der Waals surface area contributed by atoms with Gasteiger partial charge in [0.2, 0.25) is 0 Å². The Morgan fingerprint density at radius 2 is 2.16 bits per heavy atom. The zero-order chi connectivity index (χ0) is 13.5. The lowest BCUT2D eigenvalue weighted by Gasteiger charge is -2.28. The van der Waals surface area contributed by atoms with Crippen molar-refractivity contribution < 1.29 is 9.53 Å². The van der Waals surface area contributed by atoms with Crippen LogP contribution in [0.5, 0.6) is 5.75 Å². The van der Waals surface area contributed by atoms with Crippen LogP contribution < -0.4 is 10.1 Å². The number of hydrogen-bond donors (Lipinski definition) is 1. The maximum Gasteiger partial charge on any atom is 0.260 e. The van der Waals surface area contributed by atoms with Crippen molar-refractivity contribution in [3.05, 3.63) is 30.3 Å². The molecule has 1 aliphatic heterocycles. The Labute approximate surface area is 114 Å². The van der Waals surface area contributed by atoms with Crippen LogP contribution in [0.25, 0.3) is 0 Å². The minimum atomic E-state index is 0.0243. The van der Waals surface area contributed by atoms with Crippen LogP contribution in [0.3, 0.4) is 0 Å². The lowest BCUT2D eigenvalue weighted by molar-refractivity contribution is -0.132. The highest BCUT2D eigenvalue weighted by Crippen LogP contribution is 2.10. The Hall–Kier alpha value is -1.55. The van der Waals surface area contributed by atoms with E-state index >= 15 is 0 Å². The summed E-state index contributed by atoms with van der Waals surface area (Å²) in [5.74, 6) is 0.760. The molecule has 1 aliphatic rings. The van der Waals surface area contributed by atoms with Crippen LogP contribution in [0.15, 0.2) is 30.3 Å². The fourth-order valence-electron chi connectivity index (χ4n) is 2.28. The number of carbonyl (C=O) groups is 1. The van der Waals surface area contributed by atoms with Gasteiger partial charge in [-0.15, -0.1) is 0 Å². The second-order valence-electron chi connectivity index (χ2n) is 5.02. The Bertz CT molecular complexity index is 388. The second-order valence-corrected chi connectivity index (χ2v) is 5.02. The molecule has 1 amide bonds. The van der Waals surface area contributed by atoms with E-state index in [4.69, 9.17) is 4.74 Å². The predicted molar refractivity (Wildman–Crippen MR) is 75.2 cm³/mol. The molecule has 2 rings (SSSR count). The van der Waals surface area contributed by atoms with Gasteiger partial charge in [0.15, 0.2) is 6.61 Å². The molecule has 1 aromatic rings. The Morgan fingerprint density at radius 3 is 2.84 bits per heavy atom. The second kappa shape index (κ2) is 7.14. The molecular weight excluding hydrogens is 240 g/mol. The molecule has 1 heterocycles. The summed E-state index contributed by atoms with van der Waals surface area (Å²) in [5.41, 5.74) is 0. The predicted octanol–water partition coefficient (Wildman–Crippen LogP) is 1.67. The molecule has 1 aromatic carbocycles. The van der Waals surface area contributed by atoms with Gasteiger partial charge in [-0.3, -0.25) is 4.79 Å². The molecule has 4 heteroatoms. The largest absolute Gasteiger partial charge is 0.484 e. The van der Waals surface area contributed by atoms with E-state index in [-0.39, 0.29) is 12.5 Å². The number of carbonyl (C=O) groups excluding carboxylic acids is 1. The molecule has 19 heavy (non-hydrogen) atoms. The number of hydrogen-bond acceptors (Lipinski definition) is 3. The maximum atomic E-state index is 12.0. The van der Waals surface area contributed by atoms with Crippen LogP contribution in [0.1, 0.15) is 19.3 Å². The van der Waals surface area contributed by atoms with Crippen molar-refractivity contribution in [2.24, 2.45) is 0 Å². The van der Waals surface area contributed by atoms with Crippen LogP contribution in [0.4, 0.5) is 0 Å². The van der Waals surface area contributed by atoms with Crippen LogP contribution in [-0.4, -0.2) is 43.6 Å². The number of nitrogens with zero attached hydrogens (tertiary/aromatic N) is 1. The third kappa shape index (κ3) is 4.56. The number of piperidine rings is 1. The molecule has 1 atom stereocenters. The normalized spacial score (nSPS) is 18.9. The average molecular weight is 262 g/mol. The van der Waals surface area contributed by atoms with Gasteiger partial charge < -0.3 is 15.0 Å². The van der Waals surface area contributed by atoms with Crippen molar-refractivity contribution >= 4 is 5.91 Å². The maximum absolute atomic E-state index is 12.0. The van der Waals surface area contributed by atoms with E-state index in [1.54, 1.807) is 4.90 Å². The van der Waals surface area contributed by atoms with Crippen molar-refractivity contribution in [3.8, 4) is 5.75 Å². The highest BCUT2D eigenvalue weighted by Gasteiger charge is 2.17. The fourth-order valence-corrected chi connectivity index (χ4v) is 2.28. The molecule has 4 nitrogen and oxygen atoms in total. The number of para-hydroxylation sites is 1. The van der Waals surface area contributed by atoms with Gasteiger partial charge in [-0.25, -0.2) is 0 Å². The molecule has 1 N–H and O–H groups in total. The van der Waals surface area contributed by atoms with E-state index < -0.39 is 0 Å². The first-order valence-corrected chi connectivity index (χ1v) is 6.91. The van der Waals surface area contributed by atoms with Gasteiger partial charge in [-0.2, -0.15) is 0 Å². The van der Waals surface area contributed by atoms with Crippen LogP contribution in [0, 0.1) is 0 Å². The molecule has 0 bridgehead atoms. The number of amides is 1. The molecule has 0 aromatic heterocycles. The van der Waals surface area contributed by atoms with Crippen LogP contribution >= 0.6 is 0 Å². The van der Waals surface area contributed by atoms with E-state index in [9.17, 15) is 4.79 Å². The molecule has 0 saturated carbocycles. The first-order valence-electron chi connectivity index (χ1n) is 6.91. The quantitative estimate of drug-likeness (QED) is 0.877. The number of benzene rings is 1. The fraction of sp³-hybridized carbons (Fsp3) is 0.533. The van der Waals surface area contributed by atoms with E-state index in [0.717, 1.165) is 25.3 Å². The van der Waals surface area contributed by atoms with E-state index in [1.165, 1.54) is 12.8 Å². The molecule has 1 unspecified atom stereocenters. The van der Waals surface area contributed by atoms with E-state index in [2.05, 4.69) is 5.32 Å². The highest BCUT2D eigenvalue weighted by molar-refractivity contribution is 5.77. The van der Waals surface area contributed by atoms with Gasteiger partial charge in [0.1, 0.15) is 5.75 Å². The first-order chi connectivity index (χ1) is 9.25. The number of nitrogens with one attached hydrogen (secondary N) is 1. The van der Waals surface area contributed by atoms with Gasteiger partial charge in [0.05, 0.1) is 0 Å². The van der Waals surface area contributed by atoms with Crippen molar-refractivity contribution in [1.29, 1.82) is 0 Å². The SMILES string of the molecule is CN(CC1CCCCN1)C(=O)COc1ccccc1. The third-order valence-electron chi connectivity index (χ3n) is 3.44. The van der Waals surface area contributed by atoms with Gasteiger partial charge in [0.25, 0.3) is 5.91 Å². The summed E-state index contributed by atoms with van der Waals surface area (Å²) in [7, 11) is 1.84. The molecule has 0 aliphatic carbocycles. The Balaban J connectivity index is 1.72. The van der Waals surface area contributed by atoms with Gasteiger partial charge in [-0.1, -0.05) is 24.6 Å². The highest BCUT2D eigenvalue weighted by atomic mass is 16.5. The molecule has 1 saturated heterocycles. The minimum Gasteiger partial charge on any atom is -0.484 e. The number of ether oxygens (including phenoxy) is 1. The minimum absolute atomic E-state index is 0.0243. The summed E-state index contributed by atoms with van der Waals surface area (Å²) >= 11 is 0. The van der Waals surface area contributed by atoms with Crippen LogP contribution in [0.2, 0.25) is 0 Å². The van der Waals surface area contributed by atoms with Crippen molar-refractivity contribution in [1.82, 2.24) is 10.2 Å². The Kier molecular flexibility index (Phi) is 5.21. The summed E-state index contributed by atoms with van der Waals surface area (Å²) in [6, 6.07) is 9.87. The average Bonchev–Trinajstić information content (AvgIpc) is 2.47. The topological polar surface area (TPSA) is 41.6 Å². The van der Waals surface area contributed by atoms with Crippen molar-refractivity contribution in [3.63, 3.8) is 0 Å². The summed E-state index contributed by atoms with van der Waals surface area (Å²) in [4.78, 5) is 13.7. The van der Waals surface area contributed by atoms with Crippen molar-refractivity contribution in [2.75, 3.05) is 26.7 Å². The van der Waals surface area contributed by atoms with Crippen LogP contribution in [-0.2, 0) is 4.79 Å². The lowest BCUT2D eigenvalue weighted by Crippen LogP contribution is -2.45. The smallest absolute Gasteiger partial charge is 0.260 e. The van der Waals surface area contributed by atoms with Gasteiger partial charge in [0, 0.05) is 19.6 Å². The van der Waals surface area contributed by atoms with E-state index in [1.807, 2.05) is 37.4 Å². The molecule has 104 valence electrons. The molecule has 0 radical (unpaired) electrons. The summed E-state index contributed by atoms with van der Waals surface area (Å²) in [6.07, 6.45) is 3.64. The molecular formula is C15H22N2O2. The monoisotopic (exact) mass is 262 g/mol. The van der Waals surface area contributed by atoms with Crippen molar-refractivity contribution in [2.45, 2.75) is 25.3 Å². The number of rotatable bonds is 5. The molecule has 0 spiro atoms. The number of likely N-dealkylation sites (N-methyl/N-ethyl adjacent to an activating group) is 1. The van der Waals surface area contributed by atoms with E-state index in [0.29, 0.717) is 6.04 Å². The zero-order valence-electron chi connectivity index (χ0n) is 11.5. The molecule has 1 fully saturated rings. The third-order valence-corrected chi connectivity index (χ3v) is 3.44. The first kappa shape index (κ1) is 13.9. The summed E-state index contributed by atoms with van der Waals surface area (Å²) in [6.45, 7) is 1.93. The summed E-state index contributed by atoms with van der Waals surface area (Å²) in [5, 5.41) is 3.44. The van der Waals surface area contributed by atoms with Gasteiger partial charge in [-0.05, 0) is 31.5 Å².